The minimum atomic E-state index is 0.217. The molecule has 0 fully saturated rings. The second-order valence-electron chi connectivity index (χ2n) is 4.13. The molecule has 0 aliphatic rings. The van der Waals surface area contributed by atoms with Crippen molar-refractivity contribution in [2.75, 3.05) is 12.5 Å². The number of phenols is 1. The van der Waals surface area contributed by atoms with Gasteiger partial charge in [0.1, 0.15) is 0 Å². The minimum absolute atomic E-state index is 0.217. The van der Waals surface area contributed by atoms with Crippen LogP contribution in [0.4, 0.5) is 0 Å². The number of phenolic OH excluding ortho intramolecular Hbond substituents is 1. The molecule has 0 saturated carbocycles. The summed E-state index contributed by atoms with van der Waals surface area (Å²) in [4.78, 5) is 0. The van der Waals surface area contributed by atoms with Gasteiger partial charge in [-0.3, -0.25) is 0 Å². The number of aromatic hydroxyl groups is 1. The van der Waals surface area contributed by atoms with Crippen LogP contribution in [0.25, 0.3) is 0 Å². The molecule has 0 amide bonds. The molecule has 0 unspecified atom stereocenters. The fourth-order valence-corrected chi connectivity index (χ4v) is 1.85. The third-order valence-electron chi connectivity index (χ3n) is 2.65. The highest BCUT2D eigenvalue weighted by Gasteiger charge is 1.99. The van der Waals surface area contributed by atoms with Crippen LogP contribution in [-0.4, -0.2) is 17.6 Å². The van der Waals surface area contributed by atoms with E-state index in [0.717, 1.165) is 18.7 Å². The highest BCUT2D eigenvalue weighted by molar-refractivity contribution is 6.17. The molecule has 1 rings (SSSR count). The predicted molar refractivity (Wildman–Crippen MR) is 72.0 cm³/mol. The lowest BCUT2D eigenvalue weighted by atomic mass is 10.1. The van der Waals surface area contributed by atoms with Gasteiger partial charge in [-0.15, -0.1) is 11.6 Å². The molecular weight excluding hydrogens is 236 g/mol. The van der Waals surface area contributed by atoms with Gasteiger partial charge in [0.2, 0.25) is 0 Å². The first-order valence-electron chi connectivity index (χ1n) is 6.31. The fourth-order valence-electron chi connectivity index (χ4n) is 1.67. The first-order chi connectivity index (χ1) is 8.34. The van der Waals surface area contributed by atoms with Crippen molar-refractivity contribution in [3.8, 4) is 11.5 Å². The molecule has 96 valence electrons. The Labute approximate surface area is 109 Å². The number of benzene rings is 1. The lowest BCUT2D eigenvalue weighted by molar-refractivity contribution is 0.289. The lowest BCUT2D eigenvalue weighted by Crippen LogP contribution is -1.97. The normalized spacial score (nSPS) is 10.4. The topological polar surface area (TPSA) is 29.5 Å². The summed E-state index contributed by atoms with van der Waals surface area (Å²) in [6.45, 7) is 0.674. The minimum Gasteiger partial charge on any atom is -0.504 e. The molecule has 3 heteroatoms. The molecule has 0 aliphatic carbocycles. The second kappa shape index (κ2) is 9.17. The van der Waals surface area contributed by atoms with E-state index in [1.165, 1.54) is 25.7 Å². The standard InChI is InChI=1S/C14H21ClO2/c15-11-7-3-1-2-4-8-12-17-14-10-6-5-9-13(14)16/h5-6,9-10,16H,1-4,7-8,11-12H2. The van der Waals surface area contributed by atoms with E-state index >= 15 is 0 Å². The van der Waals surface area contributed by atoms with Crippen molar-refractivity contribution < 1.29 is 9.84 Å². The summed E-state index contributed by atoms with van der Waals surface area (Å²) >= 11 is 5.60. The van der Waals surface area contributed by atoms with Crippen LogP contribution in [0.15, 0.2) is 24.3 Å². The molecule has 2 nitrogen and oxygen atoms in total. The summed E-state index contributed by atoms with van der Waals surface area (Å²) in [5, 5.41) is 9.47. The number of hydrogen-bond acceptors (Lipinski definition) is 2. The van der Waals surface area contributed by atoms with Crippen LogP contribution >= 0.6 is 11.6 Å². The Morgan fingerprint density at radius 1 is 0.941 bits per heavy atom. The Hall–Kier alpha value is -0.890. The average Bonchev–Trinajstić information content (AvgIpc) is 2.35. The largest absolute Gasteiger partial charge is 0.504 e. The van der Waals surface area contributed by atoms with Crippen molar-refractivity contribution >= 4 is 11.6 Å². The third-order valence-corrected chi connectivity index (χ3v) is 2.92. The van der Waals surface area contributed by atoms with Crippen molar-refractivity contribution in [3.05, 3.63) is 24.3 Å². The van der Waals surface area contributed by atoms with E-state index < -0.39 is 0 Å². The van der Waals surface area contributed by atoms with Gasteiger partial charge >= 0.3 is 0 Å². The Morgan fingerprint density at radius 3 is 2.29 bits per heavy atom. The number of alkyl halides is 1. The van der Waals surface area contributed by atoms with Gasteiger partial charge in [0.25, 0.3) is 0 Å². The predicted octanol–water partition coefficient (Wildman–Crippen LogP) is 4.35. The van der Waals surface area contributed by atoms with Crippen LogP contribution in [0.5, 0.6) is 11.5 Å². The number of halogens is 1. The first-order valence-corrected chi connectivity index (χ1v) is 6.85. The monoisotopic (exact) mass is 256 g/mol. The van der Waals surface area contributed by atoms with Crippen LogP contribution in [0.3, 0.4) is 0 Å². The molecule has 0 heterocycles. The van der Waals surface area contributed by atoms with Crippen LogP contribution in [0.1, 0.15) is 38.5 Å². The van der Waals surface area contributed by atoms with Crippen molar-refractivity contribution in [1.82, 2.24) is 0 Å². The summed E-state index contributed by atoms with van der Waals surface area (Å²) in [7, 11) is 0. The lowest BCUT2D eigenvalue weighted by Gasteiger charge is -2.07. The van der Waals surface area contributed by atoms with Crippen LogP contribution in [0, 0.1) is 0 Å². The van der Waals surface area contributed by atoms with E-state index in [0.29, 0.717) is 12.4 Å². The van der Waals surface area contributed by atoms with Gasteiger partial charge < -0.3 is 9.84 Å². The van der Waals surface area contributed by atoms with E-state index in [9.17, 15) is 5.11 Å². The van der Waals surface area contributed by atoms with E-state index in [-0.39, 0.29) is 5.75 Å². The molecule has 0 aliphatic heterocycles. The van der Waals surface area contributed by atoms with Gasteiger partial charge in [-0.2, -0.15) is 0 Å². The summed E-state index contributed by atoms with van der Waals surface area (Å²) in [5.74, 6) is 1.57. The molecular formula is C14H21ClO2. The van der Waals surface area contributed by atoms with Gasteiger partial charge in [0.05, 0.1) is 6.61 Å². The van der Waals surface area contributed by atoms with E-state index in [2.05, 4.69) is 0 Å². The van der Waals surface area contributed by atoms with Gasteiger partial charge in [-0.25, -0.2) is 0 Å². The zero-order valence-electron chi connectivity index (χ0n) is 10.2. The van der Waals surface area contributed by atoms with Gasteiger partial charge in [-0.05, 0) is 25.0 Å². The summed E-state index contributed by atoms with van der Waals surface area (Å²) in [6.07, 6.45) is 7.05. The van der Waals surface area contributed by atoms with E-state index in [4.69, 9.17) is 16.3 Å². The summed E-state index contributed by atoms with van der Waals surface area (Å²) in [5.41, 5.74) is 0. The molecule has 0 bridgehead atoms. The van der Waals surface area contributed by atoms with Gasteiger partial charge in [-0.1, -0.05) is 37.8 Å². The molecule has 0 atom stereocenters. The zero-order valence-corrected chi connectivity index (χ0v) is 11.0. The summed E-state index contributed by atoms with van der Waals surface area (Å²) < 4.78 is 5.49. The SMILES string of the molecule is Oc1ccccc1OCCCCCCCCCl. The Balaban J connectivity index is 1.99. The highest BCUT2D eigenvalue weighted by atomic mass is 35.5. The van der Waals surface area contributed by atoms with Crippen molar-refractivity contribution in [3.63, 3.8) is 0 Å². The maximum Gasteiger partial charge on any atom is 0.160 e. The fraction of sp³-hybridized carbons (Fsp3) is 0.571. The first kappa shape index (κ1) is 14.2. The Kier molecular flexibility index (Phi) is 7.65. The smallest absolute Gasteiger partial charge is 0.160 e. The number of para-hydroxylation sites is 2. The maximum atomic E-state index is 9.47. The average molecular weight is 257 g/mol. The van der Waals surface area contributed by atoms with Crippen molar-refractivity contribution in [1.29, 1.82) is 0 Å². The quantitative estimate of drug-likeness (QED) is 0.526. The highest BCUT2D eigenvalue weighted by Crippen LogP contribution is 2.24. The molecule has 0 spiro atoms. The summed E-state index contributed by atoms with van der Waals surface area (Å²) in [6, 6.07) is 7.08. The maximum absolute atomic E-state index is 9.47. The van der Waals surface area contributed by atoms with Gasteiger partial charge in [0, 0.05) is 5.88 Å². The molecule has 0 radical (unpaired) electrons. The van der Waals surface area contributed by atoms with E-state index in [1.54, 1.807) is 18.2 Å². The van der Waals surface area contributed by atoms with Crippen molar-refractivity contribution in [2.45, 2.75) is 38.5 Å². The molecule has 0 saturated heterocycles. The number of rotatable bonds is 9. The second-order valence-corrected chi connectivity index (χ2v) is 4.50. The molecule has 0 aromatic heterocycles. The zero-order chi connectivity index (χ0) is 12.3. The van der Waals surface area contributed by atoms with Crippen molar-refractivity contribution in [2.24, 2.45) is 0 Å². The van der Waals surface area contributed by atoms with Crippen LogP contribution in [-0.2, 0) is 0 Å². The Morgan fingerprint density at radius 2 is 1.59 bits per heavy atom. The van der Waals surface area contributed by atoms with Gasteiger partial charge in [0.15, 0.2) is 11.5 Å². The molecule has 17 heavy (non-hydrogen) atoms. The molecule has 1 aromatic carbocycles. The number of unbranched alkanes of at least 4 members (excludes halogenated alkanes) is 5. The number of hydrogen-bond donors (Lipinski definition) is 1. The Bertz CT molecular complexity index is 302. The van der Waals surface area contributed by atoms with Crippen LogP contribution in [0.2, 0.25) is 0 Å². The van der Waals surface area contributed by atoms with E-state index in [1.807, 2.05) is 6.07 Å². The third kappa shape index (κ3) is 6.42. The number of ether oxygens (including phenoxy) is 1. The molecule has 1 aromatic rings. The van der Waals surface area contributed by atoms with Crippen LogP contribution < -0.4 is 4.74 Å². The molecule has 1 N–H and O–H groups in total.